The Hall–Kier alpha value is -2.49. The van der Waals surface area contributed by atoms with Crippen LogP contribution < -0.4 is 5.32 Å². The lowest BCUT2D eigenvalue weighted by Crippen LogP contribution is -2.43. The van der Waals surface area contributed by atoms with E-state index >= 15 is 4.39 Å². The summed E-state index contributed by atoms with van der Waals surface area (Å²) < 4.78 is 58.5. The van der Waals surface area contributed by atoms with Crippen LogP contribution in [0, 0.1) is 6.92 Å². The molecule has 1 amide bonds. The van der Waals surface area contributed by atoms with Crippen LogP contribution in [0.4, 0.5) is 17.6 Å². The van der Waals surface area contributed by atoms with Crippen LogP contribution in [-0.2, 0) is 30.5 Å². The molecule has 1 fully saturated rings. The van der Waals surface area contributed by atoms with Crippen LogP contribution in [0.2, 0.25) is 0 Å². The van der Waals surface area contributed by atoms with E-state index in [4.69, 9.17) is 4.42 Å². The molecule has 2 aromatic rings. The predicted molar refractivity (Wildman–Crippen MR) is 126 cm³/mol. The number of carbonyl (C=O) groups excluding carboxylic acids is 1. The molecule has 0 unspecified atom stereocenters. The van der Waals surface area contributed by atoms with E-state index in [1.54, 1.807) is 19.2 Å². The van der Waals surface area contributed by atoms with Crippen LogP contribution >= 0.6 is 0 Å². The second-order valence-corrected chi connectivity index (χ2v) is 10.1. The SMILES string of the molecule is Cc1ncc(CC(=O)NC2CCC(F)(CCN3CCc4ccc(CCC(F)(F)F)nc4CC3)CC2)o1. The van der Waals surface area contributed by atoms with Crippen molar-refractivity contribution >= 4 is 5.91 Å². The van der Waals surface area contributed by atoms with Crippen molar-refractivity contribution in [1.82, 2.24) is 20.2 Å². The fraction of sp³-hybridized carbons (Fsp3) is 0.654. The number of halogens is 4. The second-order valence-electron chi connectivity index (χ2n) is 10.1. The number of carbonyl (C=O) groups is 1. The van der Waals surface area contributed by atoms with Crippen molar-refractivity contribution in [3.05, 3.63) is 46.9 Å². The fourth-order valence-electron chi connectivity index (χ4n) is 5.12. The van der Waals surface area contributed by atoms with E-state index < -0.39 is 18.3 Å². The Morgan fingerprint density at radius 2 is 1.97 bits per heavy atom. The Morgan fingerprint density at radius 3 is 2.67 bits per heavy atom. The maximum atomic E-state index is 15.5. The summed E-state index contributed by atoms with van der Waals surface area (Å²) in [6.45, 7) is 3.86. The quantitative estimate of drug-likeness (QED) is 0.523. The van der Waals surface area contributed by atoms with Crippen molar-refractivity contribution in [1.29, 1.82) is 0 Å². The van der Waals surface area contributed by atoms with Gasteiger partial charge in [0.05, 0.1) is 12.6 Å². The van der Waals surface area contributed by atoms with Gasteiger partial charge in [-0.15, -0.1) is 0 Å². The number of fused-ring (bicyclic) bond motifs is 1. The maximum absolute atomic E-state index is 15.5. The summed E-state index contributed by atoms with van der Waals surface area (Å²) in [5.74, 6) is 0.905. The lowest BCUT2D eigenvalue weighted by molar-refractivity contribution is -0.134. The van der Waals surface area contributed by atoms with Gasteiger partial charge in [-0.25, -0.2) is 9.37 Å². The van der Waals surface area contributed by atoms with Crippen molar-refractivity contribution in [3.8, 4) is 0 Å². The van der Waals surface area contributed by atoms with E-state index in [0.717, 1.165) is 30.8 Å². The number of amides is 1. The third kappa shape index (κ3) is 7.75. The maximum Gasteiger partial charge on any atom is 0.389 e. The number of oxazole rings is 1. The summed E-state index contributed by atoms with van der Waals surface area (Å²) in [6, 6.07) is 3.56. The third-order valence-corrected chi connectivity index (χ3v) is 7.28. The number of rotatable bonds is 8. The van der Waals surface area contributed by atoms with Crippen molar-refractivity contribution in [2.75, 3.05) is 19.6 Å². The highest BCUT2D eigenvalue weighted by molar-refractivity contribution is 5.78. The number of hydrogen-bond acceptors (Lipinski definition) is 5. The molecule has 0 spiro atoms. The Morgan fingerprint density at radius 1 is 1.22 bits per heavy atom. The molecule has 2 aromatic heterocycles. The Bertz CT molecular complexity index is 1030. The molecule has 0 saturated heterocycles. The Kier molecular flexibility index (Phi) is 8.32. The molecule has 1 aliphatic heterocycles. The molecule has 1 saturated carbocycles. The van der Waals surface area contributed by atoms with Gasteiger partial charge >= 0.3 is 6.18 Å². The minimum Gasteiger partial charge on any atom is -0.446 e. The first-order valence-electron chi connectivity index (χ1n) is 12.7. The molecule has 0 atom stereocenters. The van der Waals surface area contributed by atoms with Gasteiger partial charge in [0.2, 0.25) is 5.91 Å². The standard InChI is InChI=1S/C26H34F4N4O2/c1-18-31-17-22(36-18)16-24(35)33-21-4-9-25(27,10-5-21)12-15-34-13-7-19-2-3-20(6-11-26(28,29)30)32-23(19)8-14-34/h2-3,17,21H,4-16H2,1H3,(H,33,35). The topological polar surface area (TPSA) is 71.3 Å². The molecule has 1 N–H and O–H groups in total. The Labute approximate surface area is 208 Å². The molecule has 2 aliphatic rings. The van der Waals surface area contributed by atoms with Gasteiger partial charge in [-0.05, 0) is 56.6 Å². The van der Waals surface area contributed by atoms with Gasteiger partial charge in [0.25, 0.3) is 0 Å². The van der Waals surface area contributed by atoms with Crippen molar-refractivity contribution < 1.29 is 26.8 Å². The highest BCUT2D eigenvalue weighted by atomic mass is 19.4. The molecule has 10 heteroatoms. The van der Waals surface area contributed by atoms with Crippen LogP contribution in [0.3, 0.4) is 0 Å². The summed E-state index contributed by atoms with van der Waals surface area (Å²) in [4.78, 5) is 23.0. The number of nitrogens with zero attached hydrogens (tertiary/aromatic N) is 3. The molecule has 0 aromatic carbocycles. The summed E-state index contributed by atoms with van der Waals surface area (Å²) >= 11 is 0. The number of alkyl halides is 4. The van der Waals surface area contributed by atoms with Crippen LogP contribution in [0.1, 0.15) is 67.1 Å². The molecule has 0 bridgehead atoms. The smallest absolute Gasteiger partial charge is 0.389 e. The molecule has 4 rings (SSSR count). The van der Waals surface area contributed by atoms with Crippen LogP contribution in [0.5, 0.6) is 0 Å². The zero-order valence-corrected chi connectivity index (χ0v) is 20.7. The number of pyridine rings is 1. The van der Waals surface area contributed by atoms with Crippen molar-refractivity contribution in [2.45, 2.75) is 89.0 Å². The zero-order valence-electron chi connectivity index (χ0n) is 20.7. The number of hydrogen-bond donors (Lipinski definition) is 1. The van der Waals surface area contributed by atoms with E-state index in [0.29, 0.717) is 62.4 Å². The average Bonchev–Trinajstić information content (AvgIpc) is 3.11. The first kappa shape index (κ1) is 26.6. The molecule has 0 radical (unpaired) electrons. The van der Waals surface area contributed by atoms with Gasteiger partial charge in [0.15, 0.2) is 5.89 Å². The molecule has 1 aliphatic carbocycles. The monoisotopic (exact) mass is 510 g/mol. The number of aromatic nitrogens is 2. The first-order valence-corrected chi connectivity index (χ1v) is 12.7. The molecule has 6 nitrogen and oxygen atoms in total. The van der Waals surface area contributed by atoms with E-state index in [1.165, 1.54) is 0 Å². The predicted octanol–water partition coefficient (Wildman–Crippen LogP) is 4.67. The molecular weight excluding hydrogens is 476 g/mol. The highest BCUT2D eigenvalue weighted by Gasteiger charge is 2.36. The van der Waals surface area contributed by atoms with Gasteiger partial charge in [-0.1, -0.05) is 6.07 Å². The minimum absolute atomic E-state index is 0.0318. The molecule has 3 heterocycles. The van der Waals surface area contributed by atoms with Gasteiger partial charge in [0, 0.05) is 56.8 Å². The van der Waals surface area contributed by atoms with Crippen molar-refractivity contribution in [2.24, 2.45) is 0 Å². The van der Waals surface area contributed by atoms with Crippen LogP contribution in [-0.4, -0.2) is 58.3 Å². The van der Waals surface area contributed by atoms with Gasteiger partial charge < -0.3 is 14.6 Å². The van der Waals surface area contributed by atoms with Gasteiger partial charge in [-0.2, -0.15) is 13.2 Å². The third-order valence-electron chi connectivity index (χ3n) is 7.28. The molecule has 198 valence electrons. The fourth-order valence-corrected chi connectivity index (χ4v) is 5.12. The summed E-state index contributed by atoms with van der Waals surface area (Å²) in [5, 5.41) is 2.99. The lowest BCUT2D eigenvalue weighted by Gasteiger charge is -2.35. The average molecular weight is 511 g/mol. The summed E-state index contributed by atoms with van der Waals surface area (Å²) in [5.41, 5.74) is 1.16. The summed E-state index contributed by atoms with van der Waals surface area (Å²) in [6.07, 6.45) is 0.423. The van der Waals surface area contributed by atoms with Crippen LogP contribution in [0.15, 0.2) is 22.7 Å². The lowest BCUT2D eigenvalue weighted by atomic mass is 9.81. The van der Waals surface area contributed by atoms with Gasteiger partial charge in [0.1, 0.15) is 11.4 Å². The highest BCUT2D eigenvalue weighted by Crippen LogP contribution is 2.35. The number of nitrogens with one attached hydrogen (secondary N) is 1. The summed E-state index contributed by atoms with van der Waals surface area (Å²) in [7, 11) is 0. The van der Waals surface area contributed by atoms with E-state index in [1.807, 2.05) is 6.07 Å². The van der Waals surface area contributed by atoms with Crippen LogP contribution in [0.25, 0.3) is 0 Å². The first-order chi connectivity index (χ1) is 17.1. The number of aryl methyl sites for hydroxylation is 2. The largest absolute Gasteiger partial charge is 0.446 e. The van der Waals surface area contributed by atoms with E-state index in [-0.39, 0.29) is 24.8 Å². The normalized spacial score (nSPS) is 23.2. The minimum atomic E-state index is -4.19. The van der Waals surface area contributed by atoms with E-state index in [2.05, 4.69) is 20.2 Å². The zero-order chi connectivity index (χ0) is 25.8. The Balaban J connectivity index is 1.19. The van der Waals surface area contributed by atoms with Gasteiger partial charge in [-0.3, -0.25) is 9.78 Å². The van der Waals surface area contributed by atoms with Crippen molar-refractivity contribution in [3.63, 3.8) is 0 Å². The molecular formula is C26H34F4N4O2. The second kappa shape index (κ2) is 11.3. The van der Waals surface area contributed by atoms with E-state index in [9.17, 15) is 18.0 Å². The molecule has 36 heavy (non-hydrogen) atoms.